The largest absolute Gasteiger partial charge is 0.234 e. The van der Waals surface area contributed by atoms with Gasteiger partial charge >= 0.3 is 0 Å². The first kappa shape index (κ1) is 15.0. The molecule has 0 atom stereocenters. The molecule has 4 rings (SSSR count). The van der Waals surface area contributed by atoms with Crippen LogP contribution in [0.3, 0.4) is 0 Å². The predicted molar refractivity (Wildman–Crippen MR) is 97.3 cm³/mol. The van der Waals surface area contributed by atoms with Crippen molar-refractivity contribution in [3.63, 3.8) is 0 Å². The fourth-order valence-corrected chi connectivity index (χ4v) is 3.69. The molecule has 0 saturated heterocycles. The molecule has 24 heavy (non-hydrogen) atoms. The van der Waals surface area contributed by atoms with E-state index >= 15 is 0 Å². The van der Waals surface area contributed by atoms with Crippen molar-refractivity contribution in [2.75, 3.05) is 0 Å². The lowest BCUT2D eigenvalue weighted by molar-refractivity contribution is 0.789. The van der Waals surface area contributed by atoms with Crippen molar-refractivity contribution in [3.8, 4) is 11.4 Å². The fourth-order valence-electron chi connectivity index (χ4n) is 2.81. The summed E-state index contributed by atoms with van der Waals surface area (Å²) in [5.41, 5.74) is 3.65. The van der Waals surface area contributed by atoms with E-state index in [1.807, 2.05) is 10.6 Å². The fraction of sp³-hybridized carbons (Fsp3) is 0.211. The Morgan fingerprint density at radius 2 is 1.83 bits per heavy atom. The standard InChI is InChI=1S/C19H18N4S/c1-14-7-5-11-16(13-14)18-20-21-19-23(18)22-17(24-19)12-6-10-15-8-3-2-4-9-15/h2-5,7-9,11,13H,6,10,12H2,1H3. The summed E-state index contributed by atoms with van der Waals surface area (Å²) in [6.45, 7) is 2.08. The van der Waals surface area contributed by atoms with E-state index in [4.69, 9.17) is 5.10 Å². The Bertz CT molecular complexity index is 956. The van der Waals surface area contributed by atoms with E-state index in [0.717, 1.165) is 40.6 Å². The first-order chi connectivity index (χ1) is 11.8. The van der Waals surface area contributed by atoms with Crippen molar-refractivity contribution in [1.29, 1.82) is 0 Å². The van der Waals surface area contributed by atoms with Gasteiger partial charge in [0, 0.05) is 12.0 Å². The zero-order valence-corrected chi connectivity index (χ0v) is 14.3. The highest BCUT2D eigenvalue weighted by Crippen LogP contribution is 2.23. The van der Waals surface area contributed by atoms with Crippen molar-refractivity contribution in [1.82, 2.24) is 19.8 Å². The van der Waals surface area contributed by atoms with Crippen LogP contribution < -0.4 is 0 Å². The molecule has 0 aliphatic rings. The molecule has 4 nitrogen and oxygen atoms in total. The van der Waals surface area contributed by atoms with Crippen LogP contribution >= 0.6 is 11.3 Å². The van der Waals surface area contributed by atoms with Crippen molar-refractivity contribution >= 4 is 16.3 Å². The summed E-state index contributed by atoms with van der Waals surface area (Å²) in [5, 5.41) is 14.4. The lowest BCUT2D eigenvalue weighted by Gasteiger charge is -1.99. The van der Waals surface area contributed by atoms with Gasteiger partial charge in [0.15, 0.2) is 5.82 Å². The Kier molecular flexibility index (Phi) is 4.09. The zero-order valence-electron chi connectivity index (χ0n) is 13.5. The van der Waals surface area contributed by atoms with Gasteiger partial charge in [-0.2, -0.15) is 9.61 Å². The number of fused-ring (bicyclic) bond motifs is 1. The second-order valence-electron chi connectivity index (χ2n) is 5.92. The number of benzene rings is 2. The summed E-state index contributed by atoms with van der Waals surface area (Å²) < 4.78 is 1.87. The molecular weight excluding hydrogens is 316 g/mol. The Balaban J connectivity index is 1.52. The second kappa shape index (κ2) is 6.53. The van der Waals surface area contributed by atoms with E-state index in [9.17, 15) is 0 Å². The lowest BCUT2D eigenvalue weighted by Crippen LogP contribution is -1.94. The van der Waals surface area contributed by atoms with Crippen LogP contribution in [0.4, 0.5) is 0 Å². The van der Waals surface area contributed by atoms with Crippen LogP contribution in [0.15, 0.2) is 54.6 Å². The van der Waals surface area contributed by atoms with Crippen LogP contribution in [0.2, 0.25) is 0 Å². The molecule has 0 unspecified atom stereocenters. The van der Waals surface area contributed by atoms with Gasteiger partial charge in [0.05, 0.1) is 0 Å². The molecule has 0 N–H and O–H groups in total. The first-order valence-corrected chi connectivity index (χ1v) is 8.93. The van der Waals surface area contributed by atoms with Crippen molar-refractivity contribution in [2.45, 2.75) is 26.2 Å². The van der Waals surface area contributed by atoms with E-state index in [1.165, 1.54) is 11.1 Å². The number of aromatic nitrogens is 4. The van der Waals surface area contributed by atoms with E-state index in [2.05, 4.69) is 65.7 Å². The van der Waals surface area contributed by atoms with E-state index in [0.29, 0.717) is 0 Å². The zero-order chi connectivity index (χ0) is 16.4. The predicted octanol–water partition coefficient (Wildman–Crippen LogP) is 4.34. The summed E-state index contributed by atoms with van der Waals surface area (Å²) in [6, 6.07) is 18.9. The van der Waals surface area contributed by atoms with Gasteiger partial charge in [0.1, 0.15) is 5.01 Å². The summed E-state index contributed by atoms with van der Waals surface area (Å²) in [4.78, 5) is 0.862. The average molecular weight is 334 g/mol. The summed E-state index contributed by atoms with van der Waals surface area (Å²) in [7, 11) is 0. The van der Waals surface area contributed by atoms with Gasteiger partial charge in [-0.3, -0.25) is 0 Å². The molecule has 2 heterocycles. The van der Waals surface area contributed by atoms with Crippen molar-refractivity contribution in [2.24, 2.45) is 0 Å². The maximum Gasteiger partial charge on any atom is 0.234 e. The first-order valence-electron chi connectivity index (χ1n) is 8.12. The molecule has 0 amide bonds. The van der Waals surface area contributed by atoms with Gasteiger partial charge in [-0.25, -0.2) is 0 Å². The molecule has 4 aromatic rings. The topological polar surface area (TPSA) is 43.1 Å². The van der Waals surface area contributed by atoms with Gasteiger partial charge in [-0.15, -0.1) is 10.2 Å². The van der Waals surface area contributed by atoms with Crippen LogP contribution in [0.5, 0.6) is 0 Å². The quantitative estimate of drug-likeness (QED) is 0.545. The Labute approximate surface area is 144 Å². The molecule has 0 bridgehead atoms. The minimum atomic E-state index is 0.819. The molecule has 0 aliphatic carbocycles. The van der Waals surface area contributed by atoms with Crippen molar-refractivity contribution in [3.05, 3.63) is 70.7 Å². The number of aryl methyl sites for hydroxylation is 3. The van der Waals surface area contributed by atoms with Gasteiger partial charge in [0.2, 0.25) is 4.96 Å². The minimum absolute atomic E-state index is 0.819. The third-order valence-corrected chi connectivity index (χ3v) is 4.97. The summed E-state index contributed by atoms with van der Waals surface area (Å²) in [6.07, 6.45) is 3.13. The number of hydrogen-bond acceptors (Lipinski definition) is 4. The minimum Gasteiger partial charge on any atom is -0.183 e. The number of nitrogens with zero attached hydrogens (tertiary/aromatic N) is 4. The van der Waals surface area contributed by atoms with Crippen LogP contribution in [0.25, 0.3) is 16.3 Å². The van der Waals surface area contributed by atoms with Gasteiger partial charge in [-0.1, -0.05) is 65.4 Å². The van der Waals surface area contributed by atoms with Crippen LogP contribution in [-0.2, 0) is 12.8 Å². The molecule has 0 aliphatic heterocycles. The smallest absolute Gasteiger partial charge is 0.183 e. The third-order valence-electron chi connectivity index (χ3n) is 4.01. The van der Waals surface area contributed by atoms with E-state index in [-0.39, 0.29) is 0 Å². The number of hydrogen-bond donors (Lipinski definition) is 0. The Morgan fingerprint density at radius 3 is 2.67 bits per heavy atom. The van der Waals surface area contributed by atoms with Gasteiger partial charge in [-0.05, 0) is 31.4 Å². The highest BCUT2D eigenvalue weighted by Gasteiger charge is 2.13. The molecule has 0 fully saturated rings. The van der Waals surface area contributed by atoms with E-state index < -0.39 is 0 Å². The average Bonchev–Trinajstić information content (AvgIpc) is 3.16. The molecule has 5 heteroatoms. The van der Waals surface area contributed by atoms with Crippen LogP contribution in [0.1, 0.15) is 22.6 Å². The molecule has 0 saturated carbocycles. The molecule has 0 radical (unpaired) electrons. The second-order valence-corrected chi connectivity index (χ2v) is 6.96. The Hall–Kier alpha value is -2.53. The highest BCUT2D eigenvalue weighted by atomic mass is 32.1. The number of rotatable bonds is 5. The van der Waals surface area contributed by atoms with Crippen LogP contribution in [-0.4, -0.2) is 19.8 Å². The lowest BCUT2D eigenvalue weighted by atomic mass is 10.1. The molecule has 0 spiro atoms. The molecule has 120 valence electrons. The van der Waals surface area contributed by atoms with Gasteiger partial charge in [0.25, 0.3) is 0 Å². The Morgan fingerprint density at radius 1 is 0.958 bits per heavy atom. The van der Waals surface area contributed by atoms with Crippen molar-refractivity contribution < 1.29 is 0 Å². The monoisotopic (exact) mass is 334 g/mol. The summed E-state index contributed by atoms with van der Waals surface area (Å²) >= 11 is 1.63. The molecule has 2 aromatic carbocycles. The molecule has 2 aromatic heterocycles. The summed E-state index contributed by atoms with van der Waals surface area (Å²) in [5.74, 6) is 0.819. The normalized spacial score (nSPS) is 11.2. The van der Waals surface area contributed by atoms with Gasteiger partial charge < -0.3 is 0 Å². The third kappa shape index (κ3) is 3.08. The SMILES string of the molecule is Cc1cccc(-c2nnc3sc(CCCc4ccccc4)nn23)c1. The highest BCUT2D eigenvalue weighted by molar-refractivity contribution is 7.16. The van der Waals surface area contributed by atoms with Crippen LogP contribution in [0, 0.1) is 6.92 Å². The van der Waals surface area contributed by atoms with E-state index in [1.54, 1.807) is 11.3 Å². The maximum absolute atomic E-state index is 4.72. The molecular formula is C19H18N4S. The maximum atomic E-state index is 4.72.